The van der Waals surface area contributed by atoms with Crippen LogP contribution in [0.3, 0.4) is 0 Å². The summed E-state index contributed by atoms with van der Waals surface area (Å²) in [6.45, 7) is 2.92. The Hall–Kier alpha value is -1.40. The molecule has 0 radical (unpaired) electrons. The van der Waals surface area contributed by atoms with Crippen molar-refractivity contribution in [1.29, 1.82) is 5.41 Å². The van der Waals surface area contributed by atoms with E-state index in [9.17, 15) is 0 Å². The summed E-state index contributed by atoms with van der Waals surface area (Å²) in [6.07, 6.45) is 6.14. The first-order valence-corrected chi connectivity index (χ1v) is 7.07. The second kappa shape index (κ2) is 4.70. The van der Waals surface area contributed by atoms with E-state index in [1.54, 1.807) is 11.3 Å². The SMILES string of the molecule is N=C(N)C1CCN(Cc2cn3ccsc3n2)CC1. The highest BCUT2D eigenvalue weighted by atomic mass is 32.1. The summed E-state index contributed by atoms with van der Waals surface area (Å²) < 4.78 is 2.07. The summed E-state index contributed by atoms with van der Waals surface area (Å²) in [5, 5.41) is 9.52. The Labute approximate surface area is 110 Å². The predicted molar refractivity (Wildman–Crippen MR) is 73.0 cm³/mol. The van der Waals surface area contributed by atoms with Gasteiger partial charge in [0.2, 0.25) is 0 Å². The van der Waals surface area contributed by atoms with Crippen LogP contribution in [0.25, 0.3) is 4.96 Å². The Bertz CT molecular complexity index is 521. The second-order valence-electron chi connectivity index (χ2n) is 4.83. The highest BCUT2D eigenvalue weighted by Crippen LogP contribution is 2.19. The lowest BCUT2D eigenvalue weighted by atomic mass is 9.96. The number of fused-ring (bicyclic) bond motifs is 1. The van der Waals surface area contributed by atoms with Gasteiger partial charge < -0.3 is 5.73 Å². The summed E-state index contributed by atoms with van der Waals surface area (Å²) in [7, 11) is 0. The Morgan fingerprint density at radius 2 is 2.28 bits per heavy atom. The maximum atomic E-state index is 7.47. The molecule has 0 unspecified atom stereocenters. The highest BCUT2D eigenvalue weighted by Gasteiger charge is 2.21. The number of aromatic nitrogens is 2. The number of hydrogen-bond acceptors (Lipinski definition) is 4. The molecule has 6 heteroatoms. The first-order chi connectivity index (χ1) is 8.72. The van der Waals surface area contributed by atoms with Crippen LogP contribution in [-0.4, -0.2) is 33.2 Å². The van der Waals surface area contributed by atoms with Gasteiger partial charge in [0, 0.05) is 30.2 Å². The van der Waals surface area contributed by atoms with Crippen molar-refractivity contribution in [3.8, 4) is 0 Å². The van der Waals surface area contributed by atoms with Crippen molar-refractivity contribution >= 4 is 22.1 Å². The van der Waals surface area contributed by atoms with Crippen molar-refractivity contribution in [2.24, 2.45) is 11.7 Å². The number of nitrogens with zero attached hydrogens (tertiary/aromatic N) is 3. The molecule has 3 heterocycles. The fourth-order valence-electron chi connectivity index (χ4n) is 2.48. The largest absolute Gasteiger partial charge is 0.387 e. The van der Waals surface area contributed by atoms with E-state index in [0.717, 1.165) is 43.1 Å². The van der Waals surface area contributed by atoms with E-state index >= 15 is 0 Å². The van der Waals surface area contributed by atoms with E-state index < -0.39 is 0 Å². The molecular formula is C12H17N5S. The summed E-state index contributed by atoms with van der Waals surface area (Å²) in [5.74, 6) is 0.629. The molecule has 0 saturated carbocycles. The van der Waals surface area contributed by atoms with Crippen LogP contribution in [0.2, 0.25) is 0 Å². The van der Waals surface area contributed by atoms with E-state index in [0.29, 0.717) is 5.84 Å². The van der Waals surface area contributed by atoms with Crippen molar-refractivity contribution in [3.63, 3.8) is 0 Å². The van der Waals surface area contributed by atoms with Gasteiger partial charge in [-0.25, -0.2) is 4.98 Å². The van der Waals surface area contributed by atoms with Crippen LogP contribution in [-0.2, 0) is 6.54 Å². The first-order valence-electron chi connectivity index (χ1n) is 6.20. The zero-order valence-electron chi connectivity index (χ0n) is 10.2. The van der Waals surface area contributed by atoms with Gasteiger partial charge in [-0.05, 0) is 25.9 Å². The topological polar surface area (TPSA) is 70.4 Å². The molecule has 96 valence electrons. The average molecular weight is 263 g/mol. The van der Waals surface area contributed by atoms with Gasteiger partial charge in [-0.3, -0.25) is 14.7 Å². The highest BCUT2D eigenvalue weighted by molar-refractivity contribution is 7.15. The van der Waals surface area contributed by atoms with Crippen LogP contribution in [0.15, 0.2) is 17.8 Å². The van der Waals surface area contributed by atoms with E-state index in [1.807, 2.05) is 11.6 Å². The third-order valence-electron chi connectivity index (χ3n) is 3.56. The van der Waals surface area contributed by atoms with E-state index in [-0.39, 0.29) is 5.92 Å². The minimum absolute atomic E-state index is 0.284. The van der Waals surface area contributed by atoms with Gasteiger partial charge >= 0.3 is 0 Å². The van der Waals surface area contributed by atoms with E-state index in [2.05, 4.69) is 20.5 Å². The fraction of sp³-hybridized carbons (Fsp3) is 0.500. The fourth-order valence-corrected chi connectivity index (χ4v) is 3.20. The van der Waals surface area contributed by atoms with Crippen LogP contribution >= 0.6 is 11.3 Å². The average Bonchev–Trinajstić information content (AvgIpc) is 2.90. The standard InChI is InChI=1S/C12H17N5S/c13-11(14)9-1-3-16(4-2-9)7-10-8-17-5-6-18-12(17)15-10/h5-6,8-9H,1-4,7H2,(H3,13,14). The van der Waals surface area contributed by atoms with Crippen molar-refractivity contribution in [2.75, 3.05) is 13.1 Å². The van der Waals surface area contributed by atoms with Crippen LogP contribution < -0.4 is 5.73 Å². The van der Waals surface area contributed by atoms with E-state index in [4.69, 9.17) is 11.1 Å². The lowest BCUT2D eigenvalue weighted by Crippen LogP contribution is -2.37. The molecule has 18 heavy (non-hydrogen) atoms. The molecule has 1 saturated heterocycles. The number of piperidine rings is 1. The third kappa shape index (κ3) is 2.26. The number of likely N-dealkylation sites (tertiary alicyclic amines) is 1. The van der Waals surface area contributed by atoms with Gasteiger partial charge in [0.05, 0.1) is 11.5 Å². The first kappa shape index (κ1) is 11.7. The smallest absolute Gasteiger partial charge is 0.193 e. The number of amidine groups is 1. The quantitative estimate of drug-likeness (QED) is 0.652. The molecule has 0 aliphatic carbocycles. The number of nitrogens with one attached hydrogen (secondary N) is 1. The molecule has 1 fully saturated rings. The molecule has 0 spiro atoms. The lowest BCUT2D eigenvalue weighted by molar-refractivity contribution is 0.199. The summed E-state index contributed by atoms with van der Waals surface area (Å²) >= 11 is 1.66. The Morgan fingerprint density at radius 3 is 2.94 bits per heavy atom. The molecule has 1 aliphatic rings. The van der Waals surface area contributed by atoms with Crippen molar-refractivity contribution in [3.05, 3.63) is 23.5 Å². The molecular weight excluding hydrogens is 246 g/mol. The van der Waals surface area contributed by atoms with E-state index in [1.165, 1.54) is 0 Å². The normalized spacial score (nSPS) is 18.4. The molecule has 2 aromatic rings. The van der Waals surface area contributed by atoms with Gasteiger partial charge in [-0.15, -0.1) is 11.3 Å². The summed E-state index contributed by atoms with van der Waals surface area (Å²) in [5.41, 5.74) is 6.68. The molecule has 5 nitrogen and oxygen atoms in total. The van der Waals surface area contributed by atoms with Crippen LogP contribution in [0, 0.1) is 11.3 Å². The number of rotatable bonds is 3. The van der Waals surface area contributed by atoms with Crippen LogP contribution in [0.1, 0.15) is 18.5 Å². The zero-order chi connectivity index (χ0) is 12.5. The Morgan fingerprint density at radius 1 is 1.50 bits per heavy atom. The number of imidazole rings is 1. The molecule has 0 atom stereocenters. The van der Waals surface area contributed by atoms with Crippen molar-refractivity contribution < 1.29 is 0 Å². The minimum atomic E-state index is 0.284. The molecule has 3 rings (SSSR count). The van der Waals surface area contributed by atoms with Crippen molar-refractivity contribution in [2.45, 2.75) is 19.4 Å². The lowest BCUT2D eigenvalue weighted by Gasteiger charge is -2.30. The summed E-state index contributed by atoms with van der Waals surface area (Å²) in [4.78, 5) is 8.05. The Kier molecular flexibility index (Phi) is 3.05. The van der Waals surface area contributed by atoms with Gasteiger partial charge in [-0.1, -0.05) is 0 Å². The van der Waals surface area contributed by atoms with Crippen LogP contribution in [0.5, 0.6) is 0 Å². The monoisotopic (exact) mass is 263 g/mol. The van der Waals surface area contributed by atoms with Gasteiger partial charge in [0.1, 0.15) is 0 Å². The molecule has 0 aromatic carbocycles. The number of thiazole rings is 1. The van der Waals surface area contributed by atoms with Crippen molar-refractivity contribution in [1.82, 2.24) is 14.3 Å². The summed E-state index contributed by atoms with van der Waals surface area (Å²) in [6, 6.07) is 0. The number of nitrogens with two attached hydrogens (primary N) is 1. The van der Waals surface area contributed by atoms with Gasteiger partial charge in [0.15, 0.2) is 4.96 Å². The molecule has 2 aromatic heterocycles. The molecule has 3 N–H and O–H groups in total. The maximum Gasteiger partial charge on any atom is 0.193 e. The minimum Gasteiger partial charge on any atom is -0.387 e. The van der Waals surface area contributed by atoms with Crippen LogP contribution in [0.4, 0.5) is 0 Å². The maximum absolute atomic E-state index is 7.47. The zero-order valence-corrected chi connectivity index (χ0v) is 11.0. The second-order valence-corrected chi connectivity index (χ2v) is 5.70. The van der Waals surface area contributed by atoms with Gasteiger partial charge in [0.25, 0.3) is 0 Å². The molecule has 1 aliphatic heterocycles. The molecule has 0 bridgehead atoms. The molecule has 0 amide bonds. The Balaban J connectivity index is 1.61. The third-order valence-corrected chi connectivity index (χ3v) is 4.33. The predicted octanol–water partition coefficient (Wildman–Crippen LogP) is 1.54. The van der Waals surface area contributed by atoms with Gasteiger partial charge in [-0.2, -0.15) is 0 Å². The number of hydrogen-bond donors (Lipinski definition) is 2.